The topological polar surface area (TPSA) is 98.7 Å². The fraction of sp³-hybridized carbons (Fsp3) is 0.316. The third-order valence-corrected chi connectivity index (χ3v) is 4.82. The van der Waals surface area contributed by atoms with Gasteiger partial charge in [-0.25, -0.2) is 9.59 Å². The van der Waals surface area contributed by atoms with Crippen LogP contribution in [0.25, 0.3) is 0 Å². The smallest absolute Gasteiger partial charge is 0.335 e. The predicted octanol–water partition coefficient (Wildman–Crippen LogP) is 2.60. The minimum absolute atomic E-state index is 0.138. The minimum atomic E-state index is -0.985. The van der Waals surface area contributed by atoms with E-state index in [9.17, 15) is 14.4 Å². The number of aryl methyl sites for hydroxylation is 1. The largest absolute Gasteiger partial charge is 0.478 e. The number of aromatic carboxylic acids is 1. The van der Waals surface area contributed by atoms with Crippen molar-refractivity contribution < 1.29 is 19.5 Å². The molecule has 0 fully saturated rings. The van der Waals surface area contributed by atoms with Crippen molar-refractivity contribution >= 4 is 29.2 Å². The van der Waals surface area contributed by atoms with Crippen LogP contribution in [-0.2, 0) is 17.9 Å². The molecular weight excluding hydrogens is 366 g/mol. The molecule has 1 aromatic carbocycles. The zero-order valence-corrected chi connectivity index (χ0v) is 16.1. The van der Waals surface area contributed by atoms with Crippen molar-refractivity contribution in [3.63, 3.8) is 0 Å². The van der Waals surface area contributed by atoms with E-state index in [-0.39, 0.29) is 17.5 Å². The molecule has 2 rings (SSSR count). The van der Waals surface area contributed by atoms with Gasteiger partial charge in [-0.1, -0.05) is 12.1 Å². The number of hydrogen-bond donors (Lipinski definition) is 3. The molecule has 0 saturated carbocycles. The number of carboxylic acids is 1. The lowest BCUT2D eigenvalue weighted by Gasteiger charge is -2.23. The molecule has 0 saturated heterocycles. The Morgan fingerprint density at radius 3 is 2.33 bits per heavy atom. The number of benzene rings is 1. The zero-order chi connectivity index (χ0) is 19.8. The van der Waals surface area contributed by atoms with Crippen LogP contribution in [0.2, 0.25) is 0 Å². The third-order valence-electron chi connectivity index (χ3n) is 3.83. The van der Waals surface area contributed by atoms with E-state index in [0.29, 0.717) is 26.2 Å². The summed E-state index contributed by atoms with van der Waals surface area (Å²) >= 11 is 1.63. The first kappa shape index (κ1) is 20.4. The van der Waals surface area contributed by atoms with Gasteiger partial charge in [-0.2, -0.15) is 0 Å². The number of rotatable bonds is 8. The second kappa shape index (κ2) is 9.72. The predicted molar refractivity (Wildman–Crippen MR) is 104 cm³/mol. The average molecular weight is 389 g/mol. The number of carboxylic acid groups (broad SMARTS) is 1. The molecule has 1 aromatic heterocycles. The van der Waals surface area contributed by atoms with Gasteiger partial charge in [0.15, 0.2) is 0 Å². The highest BCUT2D eigenvalue weighted by atomic mass is 32.1. The van der Waals surface area contributed by atoms with Crippen LogP contribution in [0.5, 0.6) is 0 Å². The summed E-state index contributed by atoms with van der Waals surface area (Å²) in [6.07, 6.45) is 0. The Morgan fingerprint density at radius 2 is 1.78 bits per heavy atom. The Hall–Kier alpha value is -2.87. The van der Waals surface area contributed by atoms with E-state index in [1.165, 1.54) is 23.9 Å². The number of amides is 3. The molecule has 7 nitrogen and oxygen atoms in total. The van der Waals surface area contributed by atoms with E-state index in [2.05, 4.69) is 10.6 Å². The average Bonchev–Trinajstić information content (AvgIpc) is 3.03. The molecule has 0 unspecified atom stereocenters. The van der Waals surface area contributed by atoms with Crippen LogP contribution in [0.15, 0.2) is 36.4 Å². The zero-order valence-electron chi connectivity index (χ0n) is 15.3. The molecular formula is C19H23N3O4S. The Bertz CT molecular complexity index is 802. The molecule has 0 bridgehead atoms. The maximum atomic E-state index is 12.6. The Balaban J connectivity index is 1.96. The van der Waals surface area contributed by atoms with Gasteiger partial charge in [0, 0.05) is 36.3 Å². The molecule has 8 heteroatoms. The molecule has 144 valence electrons. The van der Waals surface area contributed by atoms with Crippen LogP contribution >= 0.6 is 11.3 Å². The lowest BCUT2D eigenvalue weighted by atomic mass is 10.1. The molecule has 1 heterocycles. The lowest BCUT2D eigenvalue weighted by Crippen LogP contribution is -2.43. The number of carbonyl (C=O) groups is 3. The monoisotopic (exact) mass is 389 g/mol. The summed E-state index contributed by atoms with van der Waals surface area (Å²) in [7, 11) is 0. The first-order chi connectivity index (χ1) is 12.8. The van der Waals surface area contributed by atoms with Gasteiger partial charge in [0.2, 0.25) is 5.91 Å². The second-order valence-corrected chi connectivity index (χ2v) is 7.45. The van der Waals surface area contributed by atoms with Crippen LogP contribution in [0.3, 0.4) is 0 Å². The molecule has 27 heavy (non-hydrogen) atoms. The summed E-state index contributed by atoms with van der Waals surface area (Å²) < 4.78 is 0. The maximum Gasteiger partial charge on any atom is 0.335 e. The molecule has 3 amide bonds. The van der Waals surface area contributed by atoms with Crippen molar-refractivity contribution in [1.29, 1.82) is 0 Å². The van der Waals surface area contributed by atoms with E-state index in [1.54, 1.807) is 28.4 Å². The van der Waals surface area contributed by atoms with Gasteiger partial charge in [0.25, 0.3) is 0 Å². The highest BCUT2D eigenvalue weighted by Crippen LogP contribution is 2.17. The molecule has 0 radical (unpaired) electrons. The summed E-state index contributed by atoms with van der Waals surface area (Å²) in [5, 5.41) is 14.5. The van der Waals surface area contributed by atoms with Gasteiger partial charge in [0.1, 0.15) is 0 Å². The van der Waals surface area contributed by atoms with Crippen LogP contribution in [0.4, 0.5) is 4.79 Å². The number of hydrogen-bond acceptors (Lipinski definition) is 4. The van der Waals surface area contributed by atoms with E-state index in [0.717, 1.165) is 10.4 Å². The third kappa shape index (κ3) is 6.74. The Morgan fingerprint density at radius 1 is 1.07 bits per heavy atom. The molecule has 0 aliphatic heterocycles. The van der Waals surface area contributed by atoms with E-state index >= 15 is 0 Å². The lowest BCUT2D eigenvalue weighted by molar-refractivity contribution is -0.119. The van der Waals surface area contributed by atoms with Crippen molar-refractivity contribution in [3.8, 4) is 0 Å². The van der Waals surface area contributed by atoms with E-state index in [4.69, 9.17) is 5.11 Å². The van der Waals surface area contributed by atoms with Gasteiger partial charge in [-0.05, 0) is 36.8 Å². The molecule has 3 N–H and O–H groups in total. The number of nitrogens with one attached hydrogen (secondary N) is 2. The van der Waals surface area contributed by atoms with Gasteiger partial charge in [-0.15, -0.1) is 11.3 Å². The number of thiophene rings is 1. The van der Waals surface area contributed by atoms with Gasteiger partial charge < -0.3 is 20.6 Å². The number of carbonyl (C=O) groups excluding carboxylic acids is 2. The van der Waals surface area contributed by atoms with Crippen molar-refractivity contribution in [2.45, 2.75) is 26.9 Å². The van der Waals surface area contributed by atoms with Gasteiger partial charge in [-0.3, -0.25) is 4.79 Å². The molecule has 0 spiro atoms. The Labute approximate surface area is 162 Å². The van der Waals surface area contributed by atoms with Crippen molar-refractivity contribution in [3.05, 3.63) is 57.3 Å². The Kier molecular flexibility index (Phi) is 7.36. The molecule has 0 aliphatic carbocycles. The summed E-state index contributed by atoms with van der Waals surface area (Å²) in [5.74, 6) is -1.12. The minimum Gasteiger partial charge on any atom is -0.478 e. The van der Waals surface area contributed by atoms with Crippen LogP contribution in [-0.4, -0.2) is 41.0 Å². The van der Waals surface area contributed by atoms with Crippen molar-refractivity contribution in [1.82, 2.24) is 15.5 Å². The normalized spacial score (nSPS) is 10.3. The quantitative estimate of drug-likeness (QED) is 0.646. The first-order valence-corrected chi connectivity index (χ1v) is 9.31. The van der Waals surface area contributed by atoms with E-state index < -0.39 is 5.97 Å². The highest BCUT2D eigenvalue weighted by Gasteiger charge is 2.15. The summed E-state index contributed by atoms with van der Waals surface area (Å²) in [5.41, 5.74) is 1.01. The van der Waals surface area contributed by atoms with Crippen molar-refractivity contribution in [2.75, 3.05) is 13.1 Å². The van der Waals surface area contributed by atoms with E-state index in [1.807, 2.05) is 19.1 Å². The highest BCUT2D eigenvalue weighted by molar-refractivity contribution is 7.11. The molecule has 0 aliphatic rings. The second-order valence-electron chi connectivity index (χ2n) is 6.08. The van der Waals surface area contributed by atoms with Gasteiger partial charge in [0.05, 0.1) is 12.1 Å². The number of nitrogens with zero attached hydrogens (tertiary/aromatic N) is 1. The molecule has 0 atom stereocenters. The fourth-order valence-electron chi connectivity index (χ4n) is 2.43. The van der Waals surface area contributed by atoms with Crippen LogP contribution < -0.4 is 10.6 Å². The van der Waals surface area contributed by atoms with Gasteiger partial charge >= 0.3 is 12.0 Å². The SMILES string of the molecule is CC(=O)NCCN(Cc1ccc(C)s1)C(=O)NCc1ccc(C(=O)O)cc1. The van der Waals surface area contributed by atoms with Crippen LogP contribution in [0.1, 0.15) is 32.6 Å². The standard InChI is InChI=1S/C19H23N3O4S/c1-13-3-8-17(27-13)12-22(10-9-20-14(2)23)19(26)21-11-15-4-6-16(7-5-15)18(24)25/h3-8H,9-12H2,1-2H3,(H,20,23)(H,21,26)(H,24,25). The van der Waals surface area contributed by atoms with Crippen LogP contribution in [0, 0.1) is 6.92 Å². The maximum absolute atomic E-state index is 12.6. The summed E-state index contributed by atoms with van der Waals surface area (Å²) in [6.45, 7) is 4.96. The fourth-order valence-corrected chi connectivity index (χ4v) is 3.34. The number of urea groups is 1. The van der Waals surface area contributed by atoms with Crippen molar-refractivity contribution in [2.24, 2.45) is 0 Å². The first-order valence-electron chi connectivity index (χ1n) is 8.50. The molecule has 2 aromatic rings. The summed E-state index contributed by atoms with van der Waals surface area (Å²) in [6, 6.07) is 10.1. The summed E-state index contributed by atoms with van der Waals surface area (Å²) in [4.78, 5) is 38.4.